The highest BCUT2D eigenvalue weighted by Crippen LogP contribution is 2.22. The molecule has 0 N–H and O–H groups in total. The number of rotatable bonds is 6. The van der Waals surface area contributed by atoms with Crippen LogP contribution in [0.2, 0.25) is 0 Å². The van der Waals surface area contributed by atoms with Crippen LogP contribution in [-0.2, 0) is 17.6 Å². The molecular formula is C16H20N2O2. The monoisotopic (exact) mass is 272 g/mol. The van der Waals surface area contributed by atoms with Gasteiger partial charge in [0.15, 0.2) is 5.82 Å². The second kappa shape index (κ2) is 6.66. The van der Waals surface area contributed by atoms with E-state index in [9.17, 15) is 0 Å². The van der Waals surface area contributed by atoms with Crippen LogP contribution in [0.4, 0.5) is 0 Å². The molecule has 2 heterocycles. The Kier molecular flexibility index (Phi) is 4.43. The molecule has 2 aromatic rings. The Labute approximate surface area is 119 Å². The zero-order valence-electron chi connectivity index (χ0n) is 11.6. The molecule has 0 amide bonds. The van der Waals surface area contributed by atoms with Crippen molar-refractivity contribution in [2.45, 2.75) is 38.0 Å². The van der Waals surface area contributed by atoms with Crippen molar-refractivity contribution in [3.8, 4) is 0 Å². The average Bonchev–Trinajstić information content (AvgIpc) is 3.15. The van der Waals surface area contributed by atoms with E-state index in [4.69, 9.17) is 9.26 Å². The molecule has 1 aliphatic heterocycles. The van der Waals surface area contributed by atoms with Gasteiger partial charge in [0.25, 0.3) is 0 Å². The van der Waals surface area contributed by atoms with Crippen LogP contribution in [0, 0.1) is 0 Å². The molecule has 1 aromatic carbocycles. The van der Waals surface area contributed by atoms with E-state index in [1.165, 1.54) is 5.56 Å². The molecule has 0 unspecified atom stereocenters. The Morgan fingerprint density at radius 3 is 2.75 bits per heavy atom. The Morgan fingerprint density at radius 1 is 1.10 bits per heavy atom. The number of hydrogen-bond acceptors (Lipinski definition) is 4. The van der Waals surface area contributed by atoms with Gasteiger partial charge in [0.2, 0.25) is 5.89 Å². The Hall–Kier alpha value is -1.68. The number of ether oxygens (including phenoxy) is 1. The fraction of sp³-hybridized carbons (Fsp3) is 0.500. The fourth-order valence-electron chi connectivity index (χ4n) is 2.52. The molecule has 0 saturated carbocycles. The molecule has 1 aliphatic rings. The third kappa shape index (κ3) is 3.45. The van der Waals surface area contributed by atoms with Gasteiger partial charge in [0, 0.05) is 18.9 Å². The number of hydrogen-bond donors (Lipinski definition) is 0. The number of benzene rings is 1. The van der Waals surface area contributed by atoms with E-state index in [0.29, 0.717) is 5.92 Å². The predicted molar refractivity (Wildman–Crippen MR) is 75.6 cm³/mol. The molecule has 3 rings (SSSR count). The van der Waals surface area contributed by atoms with E-state index in [1.54, 1.807) is 0 Å². The quantitative estimate of drug-likeness (QED) is 0.758. The molecule has 1 fully saturated rings. The summed E-state index contributed by atoms with van der Waals surface area (Å²) in [5, 5.41) is 4.07. The van der Waals surface area contributed by atoms with Crippen LogP contribution in [0.15, 0.2) is 34.9 Å². The van der Waals surface area contributed by atoms with Gasteiger partial charge in [-0.05, 0) is 31.2 Å². The van der Waals surface area contributed by atoms with Gasteiger partial charge in [-0.15, -0.1) is 0 Å². The van der Waals surface area contributed by atoms with Crippen molar-refractivity contribution in [2.24, 2.45) is 0 Å². The maximum absolute atomic E-state index is 5.35. The summed E-state index contributed by atoms with van der Waals surface area (Å²) in [5.74, 6) is 1.91. The van der Waals surface area contributed by atoms with Gasteiger partial charge in [-0.2, -0.15) is 4.98 Å². The summed E-state index contributed by atoms with van der Waals surface area (Å²) in [5.41, 5.74) is 1.39. The molecule has 0 aliphatic carbocycles. The van der Waals surface area contributed by atoms with Crippen molar-refractivity contribution in [2.75, 3.05) is 13.2 Å². The largest absolute Gasteiger partial charge is 0.381 e. The molecule has 4 heteroatoms. The number of aromatic nitrogens is 2. The molecule has 1 atom stereocenters. The van der Waals surface area contributed by atoms with Crippen molar-refractivity contribution in [3.05, 3.63) is 47.6 Å². The van der Waals surface area contributed by atoms with Crippen LogP contribution in [0.1, 0.15) is 42.5 Å². The smallest absolute Gasteiger partial charge is 0.226 e. The first-order valence-corrected chi connectivity index (χ1v) is 7.36. The van der Waals surface area contributed by atoms with E-state index in [-0.39, 0.29) is 0 Å². The number of unbranched alkanes of at least 4 members (excludes halogenated alkanes) is 1. The van der Waals surface area contributed by atoms with Crippen molar-refractivity contribution >= 4 is 0 Å². The Bertz CT molecular complexity index is 518. The van der Waals surface area contributed by atoms with E-state index in [2.05, 4.69) is 40.5 Å². The zero-order valence-corrected chi connectivity index (χ0v) is 11.6. The summed E-state index contributed by atoms with van der Waals surface area (Å²) in [6.07, 6.45) is 5.21. The first-order chi connectivity index (χ1) is 9.92. The summed E-state index contributed by atoms with van der Waals surface area (Å²) in [7, 11) is 0. The molecule has 20 heavy (non-hydrogen) atoms. The van der Waals surface area contributed by atoms with Crippen molar-refractivity contribution in [3.63, 3.8) is 0 Å². The summed E-state index contributed by atoms with van der Waals surface area (Å²) >= 11 is 0. The molecule has 4 nitrogen and oxygen atoms in total. The van der Waals surface area contributed by atoms with Gasteiger partial charge in [0.05, 0.1) is 6.61 Å². The van der Waals surface area contributed by atoms with E-state index >= 15 is 0 Å². The topological polar surface area (TPSA) is 48.2 Å². The van der Waals surface area contributed by atoms with E-state index in [1.807, 2.05) is 0 Å². The van der Waals surface area contributed by atoms with E-state index < -0.39 is 0 Å². The fourth-order valence-corrected chi connectivity index (χ4v) is 2.52. The first-order valence-electron chi connectivity index (χ1n) is 7.36. The van der Waals surface area contributed by atoms with Crippen LogP contribution in [0.3, 0.4) is 0 Å². The van der Waals surface area contributed by atoms with Gasteiger partial charge < -0.3 is 9.26 Å². The average molecular weight is 272 g/mol. The van der Waals surface area contributed by atoms with Crippen molar-refractivity contribution < 1.29 is 9.26 Å². The van der Waals surface area contributed by atoms with Gasteiger partial charge in [-0.25, -0.2) is 0 Å². The van der Waals surface area contributed by atoms with Gasteiger partial charge in [0.1, 0.15) is 0 Å². The summed E-state index contributed by atoms with van der Waals surface area (Å²) < 4.78 is 10.7. The minimum absolute atomic E-state index is 0.330. The van der Waals surface area contributed by atoms with Crippen molar-refractivity contribution in [1.82, 2.24) is 10.1 Å². The molecule has 0 bridgehead atoms. The minimum atomic E-state index is 0.330. The Balaban J connectivity index is 1.42. The van der Waals surface area contributed by atoms with Crippen LogP contribution in [0.25, 0.3) is 0 Å². The molecular weight excluding hydrogens is 252 g/mol. The lowest BCUT2D eigenvalue weighted by molar-refractivity contribution is 0.192. The second-order valence-electron chi connectivity index (χ2n) is 5.30. The highest BCUT2D eigenvalue weighted by Gasteiger charge is 2.22. The van der Waals surface area contributed by atoms with Crippen LogP contribution in [-0.4, -0.2) is 23.4 Å². The third-order valence-corrected chi connectivity index (χ3v) is 3.73. The standard InChI is InChI=1S/C16H20N2O2/c1-2-6-13(7-3-1)8-4-5-9-15-17-16(18-20-15)14-10-11-19-12-14/h1-3,6-7,14H,4-5,8-12H2/t14-/m0/s1. The normalized spacial score (nSPS) is 18.5. The lowest BCUT2D eigenvalue weighted by Crippen LogP contribution is -2.00. The van der Waals surface area contributed by atoms with Crippen LogP contribution < -0.4 is 0 Å². The summed E-state index contributed by atoms with van der Waals surface area (Å²) in [4.78, 5) is 4.48. The highest BCUT2D eigenvalue weighted by atomic mass is 16.5. The maximum atomic E-state index is 5.35. The minimum Gasteiger partial charge on any atom is -0.381 e. The molecule has 0 radical (unpaired) electrons. The lowest BCUT2D eigenvalue weighted by Gasteiger charge is -1.99. The van der Waals surface area contributed by atoms with E-state index in [0.717, 1.165) is 57.0 Å². The maximum Gasteiger partial charge on any atom is 0.226 e. The lowest BCUT2D eigenvalue weighted by atomic mass is 10.1. The SMILES string of the molecule is c1ccc(CCCCc2nc([C@H]3CCOC3)no2)cc1. The molecule has 106 valence electrons. The molecule has 1 saturated heterocycles. The summed E-state index contributed by atoms with van der Waals surface area (Å²) in [6, 6.07) is 10.6. The van der Waals surface area contributed by atoms with Crippen LogP contribution >= 0.6 is 0 Å². The zero-order chi connectivity index (χ0) is 13.6. The predicted octanol–water partition coefficient (Wildman–Crippen LogP) is 3.14. The molecule has 0 spiro atoms. The molecule has 1 aromatic heterocycles. The van der Waals surface area contributed by atoms with Gasteiger partial charge in [-0.3, -0.25) is 0 Å². The third-order valence-electron chi connectivity index (χ3n) is 3.73. The highest BCUT2D eigenvalue weighted by molar-refractivity contribution is 5.14. The summed E-state index contributed by atoms with van der Waals surface area (Å²) in [6.45, 7) is 1.54. The Morgan fingerprint density at radius 2 is 1.95 bits per heavy atom. The van der Waals surface area contributed by atoms with Gasteiger partial charge >= 0.3 is 0 Å². The first kappa shape index (κ1) is 13.3. The van der Waals surface area contributed by atoms with Crippen molar-refractivity contribution in [1.29, 1.82) is 0 Å². The van der Waals surface area contributed by atoms with Gasteiger partial charge in [-0.1, -0.05) is 35.5 Å². The second-order valence-corrected chi connectivity index (χ2v) is 5.30. The number of nitrogens with zero attached hydrogens (tertiary/aromatic N) is 2. The number of aryl methyl sites for hydroxylation is 2. The van der Waals surface area contributed by atoms with Crippen LogP contribution in [0.5, 0.6) is 0 Å².